The first-order chi connectivity index (χ1) is 8.26. The van der Waals surface area contributed by atoms with Crippen LogP contribution in [0.15, 0.2) is 39.9 Å². The van der Waals surface area contributed by atoms with E-state index in [1.165, 1.54) is 0 Å². The van der Waals surface area contributed by atoms with Crippen LogP contribution in [0.5, 0.6) is 5.75 Å². The Labute approximate surface area is 109 Å². The van der Waals surface area contributed by atoms with E-state index in [-0.39, 0.29) is 5.78 Å². The Morgan fingerprint density at radius 3 is 2.53 bits per heavy atom. The zero-order valence-corrected chi connectivity index (χ0v) is 11.2. The fraction of sp³-hybridized carbons (Fsp3) is 0.154. The van der Waals surface area contributed by atoms with E-state index in [2.05, 4.69) is 0 Å². The van der Waals surface area contributed by atoms with Crippen LogP contribution in [0.25, 0.3) is 0 Å². The number of benzene rings is 1. The molecule has 1 aromatic heterocycles. The van der Waals surface area contributed by atoms with E-state index in [9.17, 15) is 4.79 Å². The van der Waals surface area contributed by atoms with Gasteiger partial charge in [0, 0.05) is 11.1 Å². The second kappa shape index (κ2) is 5.38. The van der Waals surface area contributed by atoms with Crippen molar-refractivity contribution in [1.29, 1.82) is 0 Å². The molecule has 0 atom stereocenters. The average Bonchev–Trinajstić information content (AvgIpc) is 2.86. The predicted molar refractivity (Wildman–Crippen MR) is 72.5 cm³/mol. The van der Waals surface area contributed by atoms with Crippen molar-refractivity contribution in [1.82, 2.24) is 0 Å². The van der Waals surface area contributed by atoms with E-state index in [0.29, 0.717) is 5.56 Å². The first kappa shape index (κ1) is 12.2. The first-order valence-corrected chi connectivity index (χ1v) is 7.17. The monoisotopic (exact) mass is 264 g/mol. The van der Waals surface area contributed by atoms with Gasteiger partial charge >= 0.3 is 0 Å². The predicted octanol–water partition coefficient (Wildman–Crippen LogP) is 3.71. The number of thiophene rings is 1. The molecule has 2 nitrogen and oxygen atoms in total. The molecule has 0 amide bonds. The summed E-state index contributed by atoms with van der Waals surface area (Å²) in [5.41, 5.74) is 1.48. The van der Waals surface area contributed by atoms with Gasteiger partial charge in [-0.2, -0.15) is 0 Å². The third kappa shape index (κ3) is 2.53. The second-order valence-corrected chi connectivity index (χ2v) is 5.37. The largest absolute Gasteiger partial charge is 0.497 e. The maximum atomic E-state index is 12.2. The van der Waals surface area contributed by atoms with Crippen LogP contribution >= 0.6 is 23.1 Å². The Balaban J connectivity index is 2.30. The zero-order valence-electron chi connectivity index (χ0n) is 9.60. The fourth-order valence-electron chi connectivity index (χ4n) is 1.52. The van der Waals surface area contributed by atoms with Gasteiger partial charge in [0.1, 0.15) is 5.75 Å². The molecular formula is C13H12O2S2. The van der Waals surface area contributed by atoms with Gasteiger partial charge in [-0.15, -0.1) is 23.1 Å². The Kier molecular flexibility index (Phi) is 3.86. The Morgan fingerprint density at radius 2 is 1.94 bits per heavy atom. The molecule has 0 spiro atoms. The molecule has 0 aliphatic rings. The van der Waals surface area contributed by atoms with E-state index >= 15 is 0 Å². The molecule has 2 aromatic rings. The lowest BCUT2D eigenvalue weighted by molar-refractivity contribution is 0.103. The summed E-state index contributed by atoms with van der Waals surface area (Å²) in [5.74, 6) is 0.829. The van der Waals surface area contributed by atoms with Gasteiger partial charge in [-0.25, -0.2) is 0 Å². The number of rotatable bonds is 4. The second-order valence-electron chi connectivity index (χ2n) is 3.38. The summed E-state index contributed by atoms with van der Waals surface area (Å²) in [7, 11) is 1.61. The number of carbonyl (C=O) groups excluding carboxylic acids is 1. The third-order valence-corrected chi connectivity index (χ3v) is 4.50. The molecule has 0 bridgehead atoms. The van der Waals surface area contributed by atoms with Crippen LogP contribution in [-0.2, 0) is 0 Å². The SMILES string of the molecule is COc1ccc(C(=O)c2ccsc2SC)cc1. The maximum Gasteiger partial charge on any atom is 0.195 e. The molecule has 0 N–H and O–H groups in total. The van der Waals surface area contributed by atoms with Gasteiger partial charge in [0.2, 0.25) is 0 Å². The van der Waals surface area contributed by atoms with Crippen LogP contribution in [0, 0.1) is 0 Å². The minimum atomic E-state index is 0.0678. The third-order valence-electron chi connectivity index (χ3n) is 2.41. The molecule has 0 aliphatic carbocycles. The highest BCUT2D eigenvalue weighted by molar-refractivity contribution is 8.00. The smallest absolute Gasteiger partial charge is 0.195 e. The van der Waals surface area contributed by atoms with Crippen LogP contribution in [-0.4, -0.2) is 19.1 Å². The standard InChI is InChI=1S/C13H12O2S2/c1-15-10-5-3-9(4-6-10)12(14)11-7-8-17-13(11)16-2/h3-8H,1-2H3. The molecular weight excluding hydrogens is 252 g/mol. The minimum Gasteiger partial charge on any atom is -0.497 e. The summed E-state index contributed by atoms with van der Waals surface area (Å²) in [6.45, 7) is 0. The molecule has 0 aliphatic heterocycles. The van der Waals surface area contributed by atoms with Crippen molar-refractivity contribution in [3.63, 3.8) is 0 Å². The number of ketones is 1. The summed E-state index contributed by atoms with van der Waals surface area (Å²) >= 11 is 3.20. The number of thioether (sulfide) groups is 1. The van der Waals surface area contributed by atoms with E-state index in [0.717, 1.165) is 15.5 Å². The van der Waals surface area contributed by atoms with Gasteiger partial charge in [0.05, 0.1) is 11.3 Å². The van der Waals surface area contributed by atoms with Gasteiger partial charge in [-0.1, -0.05) is 0 Å². The van der Waals surface area contributed by atoms with Gasteiger partial charge in [0.15, 0.2) is 5.78 Å². The lowest BCUT2D eigenvalue weighted by atomic mass is 10.1. The van der Waals surface area contributed by atoms with E-state index in [1.807, 2.05) is 17.7 Å². The molecule has 88 valence electrons. The summed E-state index contributed by atoms with van der Waals surface area (Å²) in [6, 6.07) is 9.08. The van der Waals surface area contributed by atoms with Crippen molar-refractivity contribution in [2.24, 2.45) is 0 Å². The van der Waals surface area contributed by atoms with Crippen molar-refractivity contribution >= 4 is 28.9 Å². The van der Waals surface area contributed by atoms with Gasteiger partial charge < -0.3 is 4.74 Å². The van der Waals surface area contributed by atoms with E-state index < -0.39 is 0 Å². The molecule has 1 heterocycles. The molecule has 2 rings (SSSR count). The maximum absolute atomic E-state index is 12.2. The first-order valence-electron chi connectivity index (χ1n) is 5.06. The van der Waals surface area contributed by atoms with E-state index in [1.54, 1.807) is 54.5 Å². The number of methoxy groups -OCH3 is 1. The molecule has 0 fully saturated rings. The quantitative estimate of drug-likeness (QED) is 0.622. The molecule has 1 aromatic carbocycles. The lowest BCUT2D eigenvalue weighted by Crippen LogP contribution is -2.00. The highest BCUT2D eigenvalue weighted by atomic mass is 32.2. The van der Waals surface area contributed by atoms with Crippen LogP contribution in [0.4, 0.5) is 0 Å². The summed E-state index contributed by atoms with van der Waals surface area (Å²) < 4.78 is 6.13. The molecule has 0 saturated heterocycles. The normalized spacial score (nSPS) is 10.2. The van der Waals surface area contributed by atoms with Crippen molar-refractivity contribution < 1.29 is 9.53 Å². The van der Waals surface area contributed by atoms with Crippen LogP contribution < -0.4 is 4.74 Å². The van der Waals surface area contributed by atoms with Crippen molar-refractivity contribution in [3.05, 3.63) is 46.8 Å². The Morgan fingerprint density at radius 1 is 1.24 bits per heavy atom. The average molecular weight is 264 g/mol. The lowest BCUT2D eigenvalue weighted by Gasteiger charge is -2.03. The minimum absolute atomic E-state index is 0.0678. The number of ether oxygens (including phenoxy) is 1. The van der Waals surface area contributed by atoms with Crippen molar-refractivity contribution in [3.8, 4) is 5.75 Å². The molecule has 4 heteroatoms. The van der Waals surface area contributed by atoms with Gasteiger partial charge in [-0.05, 0) is 42.0 Å². The van der Waals surface area contributed by atoms with Gasteiger partial charge in [0.25, 0.3) is 0 Å². The van der Waals surface area contributed by atoms with Gasteiger partial charge in [-0.3, -0.25) is 4.79 Å². The van der Waals surface area contributed by atoms with Crippen LogP contribution in [0.1, 0.15) is 15.9 Å². The Hall–Kier alpha value is -1.26. The molecule has 0 saturated carbocycles. The molecule has 0 radical (unpaired) electrons. The number of hydrogen-bond donors (Lipinski definition) is 0. The summed E-state index contributed by atoms with van der Waals surface area (Å²) in [6.07, 6.45) is 1.98. The van der Waals surface area contributed by atoms with Crippen LogP contribution in [0.3, 0.4) is 0 Å². The summed E-state index contributed by atoms with van der Waals surface area (Å²) in [4.78, 5) is 12.2. The van der Waals surface area contributed by atoms with Crippen molar-refractivity contribution in [2.75, 3.05) is 13.4 Å². The summed E-state index contributed by atoms with van der Waals surface area (Å²) in [5, 5.41) is 1.95. The molecule has 0 unspecified atom stereocenters. The van der Waals surface area contributed by atoms with Crippen LogP contribution in [0.2, 0.25) is 0 Å². The van der Waals surface area contributed by atoms with Crippen molar-refractivity contribution in [2.45, 2.75) is 4.21 Å². The Bertz CT molecular complexity index is 514. The topological polar surface area (TPSA) is 26.3 Å². The number of hydrogen-bond acceptors (Lipinski definition) is 4. The van der Waals surface area contributed by atoms with E-state index in [4.69, 9.17) is 4.74 Å². The zero-order chi connectivity index (χ0) is 12.3. The fourth-order valence-corrected chi connectivity index (χ4v) is 3.07. The highest BCUT2D eigenvalue weighted by Crippen LogP contribution is 2.28. The number of carbonyl (C=O) groups is 1. The molecule has 17 heavy (non-hydrogen) atoms. The highest BCUT2D eigenvalue weighted by Gasteiger charge is 2.14.